The van der Waals surface area contributed by atoms with E-state index in [4.69, 9.17) is 9.97 Å². The van der Waals surface area contributed by atoms with Crippen LogP contribution in [0, 0.1) is 0 Å². The van der Waals surface area contributed by atoms with Crippen LogP contribution in [-0.2, 0) is 6.42 Å². The van der Waals surface area contributed by atoms with E-state index in [1.165, 1.54) is 0 Å². The van der Waals surface area contributed by atoms with Crippen molar-refractivity contribution < 1.29 is 4.79 Å². The third kappa shape index (κ3) is 6.19. The summed E-state index contributed by atoms with van der Waals surface area (Å²) in [6.45, 7) is 0.943. The van der Waals surface area contributed by atoms with Crippen molar-refractivity contribution in [2.75, 3.05) is 26.0 Å². The number of carbonyl (C=O) groups is 1. The Bertz CT molecular complexity index is 1520. The van der Waals surface area contributed by atoms with E-state index in [1.54, 1.807) is 17.4 Å². The number of aryl methyl sites for hydroxylation is 1. The average Bonchev–Trinajstić information content (AvgIpc) is 3.44. The molecule has 0 aliphatic rings. The summed E-state index contributed by atoms with van der Waals surface area (Å²) >= 11 is 1.56. The Morgan fingerprint density at radius 1 is 0.842 bits per heavy atom. The molecule has 190 valence electrons. The van der Waals surface area contributed by atoms with Gasteiger partial charge in [0, 0.05) is 27.8 Å². The third-order valence-corrected chi connectivity index (χ3v) is 6.94. The predicted octanol–water partition coefficient (Wildman–Crippen LogP) is 6.68. The van der Waals surface area contributed by atoms with Crippen molar-refractivity contribution in [1.29, 1.82) is 0 Å². The second-order valence-corrected chi connectivity index (χ2v) is 10.1. The van der Waals surface area contributed by atoms with Crippen molar-refractivity contribution in [3.63, 3.8) is 0 Å². The molecule has 0 saturated heterocycles. The lowest BCUT2D eigenvalue weighted by Gasteiger charge is -2.12. The van der Waals surface area contributed by atoms with E-state index in [9.17, 15) is 4.79 Å². The fourth-order valence-corrected chi connectivity index (χ4v) is 5.01. The molecule has 0 saturated carbocycles. The van der Waals surface area contributed by atoms with Crippen LogP contribution < -0.4 is 5.32 Å². The fourth-order valence-electron chi connectivity index (χ4n) is 4.14. The van der Waals surface area contributed by atoms with Crippen molar-refractivity contribution in [2.45, 2.75) is 12.8 Å². The molecule has 1 amide bonds. The number of nitrogens with one attached hydrogen (secondary N) is 1. The topological polar surface area (TPSA) is 71.0 Å². The number of aromatic nitrogens is 3. The Morgan fingerprint density at radius 2 is 1.53 bits per heavy atom. The molecule has 0 aliphatic carbocycles. The van der Waals surface area contributed by atoms with Crippen molar-refractivity contribution in [3.05, 3.63) is 108 Å². The first kappa shape index (κ1) is 25.4. The predicted molar refractivity (Wildman–Crippen MR) is 155 cm³/mol. The Kier molecular flexibility index (Phi) is 7.97. The molecular formula is C31H29N5OS. The summed E-state index contributed by atoms with van der Waals surface area (Å²) in [5.74, 6) is 0.282. The first-order valence-corrected chi connectivity index (χ1v) is 13.4. The Labute approximate surface area is 227 Å². The van der Waals surface area contributed by atoms with E-state index in [0.29, 0.717) is 17.2 Å². The Balaban J connectivity index is 1.43. The molecule has 0 spiro atoms. The van der Waals surface area contributed by atoms with E-state index >= 15 is 0 Å². The second-order valence-electron chi connectivity index (χ2n) is 9.24. The molecule has 0 unspecified atom stereocenters. The summed E-state index contributed by atoms with van der Waals surface area (Å²) in [6, 6.07) is 29.4. The molecule has 1 N–H and O–H groups in total. The van der Waals surface area contributed by atoms with Gasteiger partial charge >= 0.3 is 0 Å². The molecular weight excluding hydrogens is 490 g/mol. The number of amides is 1. The summed E-state index contributed by atoms with van der Waals surface area (Å²) in [6.07, 6.45) is 1.70. The van der Waals surface area contributed by atoms with Crippen molar-refractivity contribution in [2.24, 2.45) is 0 Å². The van der Waals surface area contributed by atoms with Crippen LogP contribution in [0.2, 0.25) is 0 Å². The minimum absolute atomic E-state index is 0.272. The zero-order chi connectivity index (χ0) is 26.3. The highest BCUT2D eigenvalue weighted by Crippen LogP contribution is 2.33. The minimum Gasteiger partial charge on any atom is -0.320 e. The lowest BCUT2D eigenvalue weighted by atomic mass is 10.1. The fraction of sp³-hybridized carbons (Fsp3) is 0.161. The molecule has 0 atom stereocenters. The van der Waals surface area contributed by atoms with Gasteiger partial charge in [-0.1, -0.05) is 72.8 Å². The van der Waals surface area contributed by atoms with Crippen molar-refractivity contribution in [1.82, 2.24) is 19.9 Å². The van der Waals surface area contributed by atoms with Gasteiger partial charge in [-0.2, -0.15) is 0 Å². The maximum Gasteiger partial charge on any atom is 0.274 e. The van der Waals surface area contributed by atoms with Gasteiger partial charge in [-0.15, -0.1) is 11.3 Å². The van der Waals surface area contributed by atoms with Crippen LogP contribution in [0.25, 0.3) is 33.2 Å². The van der Waals surface area contributed by atoms with Crippen LogP contribution in [0.1, 0.15) is 22.6 Å². The number of thiazole rings is 1. The van der Waals surface area contributed by atoms with Gasteiger partial charge in [0.2, 0.25) is 0 Å². The van der Waals surface area contributed by atoms with Crippen LogP contribution in [0.3, 0.4) is 0 Å². The maximum absolute atomic E-state index is 13.5. The van der Waals surface area contributed by atoms with Gasteiger partial charge < -0.3 is 10.2 Å². The molecule has 0 fully saturated rings. The molecule has 7 heteroatoms. The van der Waals surface area contributed by atoms with Crippen molar-refractivity contribution >= 4 is 22.9 Å². The Hall–Kier alpha value is -4.20. The Morgan fingerprint density at radius 3 is 2.26 bits per heavy atom. The average molecular weight is 520 g/mol. The number of hydrogen-bond acceptors (Lipinski definition) is 6. The summed E-state index contributed by atoms with van der Waals surface area (Å²) in [5, 5.41) is 5.97. The molecule has 3 aromatic carbocycles. The molecule has 0 bridgehead atoms. The standard InChI is InChI=1S/C31H29N5OS/c1-36(2)19-11-16-24-20-27(33-29(32-24)23-14-7-4-8-15-23)30(37)34-26-18-10-9-17-25(26)31-35-28(21-38-31)22-12-5-3-6-13-22/h3-10,12-15,17-18,20-21H,11,16,19H2,1-2H3,(H,34,37). The van der Waals surface area contributed by atoms with Crippen LogP contribution in [0.4, 0.5) is 5.69 Å². The number of benzene rings is 3. The summed E-state index contributed by atoms with van der Waals surface area (Å²) < 4.78 is 0. The van der Waals surface area contributed by atoms with Gasteiger partial charge in [0.1, 0.15) is 10.7 Å². The van der Waals surface area contributed by atoms with Gasteiger partial charge in [-0.3, -0.25) is 4.79 Å². The molecule has 38 heavy (non-hydrogen) atoms. The van der Waals surface area contributed by atoms with Crippen LogP contribution >= 0.6 is 11.3 Å². The molecule has 2 heterocycles. The van der Waals surface area contributed by atoms with E-state index < -0.39 is 0 Å². The molecule has 6 nitrogen and oxygen atoms in total. The highest BCUT2D eigenvalue weighted by molar-refractivity contribution is 7.13. The summed E-state index contributed by atoms with van der Waals surface area (Å²) in [5.41, 5.74) is 5.62. The highest BCUT2D eigenvalue weighted by atomic mass is 32.1. The van der Waals surface area contributed by atoms with Crippen LogP contribution in [-0.4, -0.2) is 46.4 Å². The number of hydrogen-bond donors (Lipinski definition) is 1. The van der Waals surface area contributed by atoms with Crippen molar-refractivity contribution in [3.8, 4) is 33.2 Å². The largest absolute Gasteiger partial charge is 0.320 e. The molecule has 5 aromatic rings. The van der Waals surface area contributed by atoms with E-state index in [0.717, 1.165) is 52.5 Å². The van der Waals surface area contributed by atoms with Gasteiger partial charge in [0.05, 0.1) is 11.4 Å². The van der Waals surface area contributed by atoms with Gasteiger partial charge in [0.25, 0.3) is 5.91 Å². The lowest BCUT2D eigenvalue weighted by molar-refractivity contribution is 0.102. The van der Waals surface area contributed by atoms with Gasteiger partial charge in [0.15, 0.2) is 5.82 Å². The lowest BCUT2D eigenvalue weighted by Crippen LogP contribution is -2.17. The first-order valence-electron chi connectivity index (χ1n) is 12.6. The summed E-state index contributed by atoms with van der Waals surface area (Å²) in [4.78, 5) is 29.9. The normalized spacial score (nSPS) is 11.0. The number of carbonyl (C=O) groups excluding carboxylic acids is 1. The highest BCUT2D eigenvalue weighted by Gasteiger charge is 2.17. The number of anilines is 1. The summed E-state index contributed by atoms with van der Waals surface area (Å²) in [7, 11) is 4.11. The van der Waals surface area contributed by atoms with E-state index in [2.05, 4.69) is 29.3 Å². The monoisotopic (exact) mass is 519 g/mol. The second kappa shape index (κ2) is 11.9. The SMILES string of the molecule is CN(C)CCCc1cc(C(=O)Nc2ccccc2-c2nc(-c3ccccc3)cs2)nc(-c2ccccc2)n1. The first-order chi connectivity index (χ1) is 18.6. The van der Waals surface area contributed by atoms with Gasteiger partial charge in [-0.05, 0) is 51.7 Å². The van der Waals surface area contributed by atoms with E-state index in [1.807, 2.05) is 90.3 Å². The minimum atomic E-state index is -0.272. The van der Waals surface area contributed by atoms with Gasteiger partial charge in [-0.25, -0.2) is 15.0 Å². The molecule has 0 aliphatic heterocycles. The number of para-hydroxylation sites is 1. The van der Waals surface area contributed by atoms with Crippen LogP contribution in [0.15, 0.2) is 96.4 Å². The third-order valence-electron chi connectivity index (χ3n) is 6.06. The molecule has 5 rings (SSSR count). The smallest absolute Gasteiger partial charge is 0.274 e. The molecule has 0 radical (unpaired) electrons. The number of rotatable bonds is 9. The zero-order valence-corrected chi connectivity index (χ0v) is 22.3. The number of nitrogens with zero attached hydrogens (tertiary/aromatic N) is 4. The van der Waals surface area contributed by atoms with Crippen LogP contribution in [0.5, 0.6) is 0 Å². The zero-order valence-electron chi connectivity index (χ0n) is 21.5. The quantitative estimate of drug-likeness (QED) is 0.235. The molecule has 2 aromatic heterocycles. The van der Waals surface area contributed by atoms with E-state index in [-0.39, 0.29) is 5.91 Å². The maximum atomic E-state index is 13.5.